The minimum atomic E-state index is 0.860. The number of rotatable bonds is 4. The monoisotopic (exact) mass is 185 g/mol. The van der Waals surface area contributed by atoms with Crippen LogP contribution in [0.1, 0.15) is 19.8 Å². The fraction of sp³-hybridized carbons (Fsp3) is 0.800. The summed E-state index contributed by atoms with van der Waals surface area (Å²) in [4.78, 5) is 0. The molecular weight excluding hydrogens is 166 g/mol. The van der Waals surface area contributed by atoms with Crippen molar-refractivity contribution >= 4 is 11.8 Å². The first-order valence-corrected chi connectivity index (χ1v) is 5.94. The lowest BCUT2D eigenvalue weighted by atomic mass is 10.0. The number of allylic oxidation sites excluding steroid dienone is 1. The van der Waals surface area contributed by atoms with E-state index >= 15 is 0 Å². The van der Waals surface area contributed by atoms with Crippen LogP contribution < -0.4 is 5.32 Å². The maximum Gasteiger partial charge on any atom is 0.0161 e. The summed E-state index contributed by atoms with van der Waals surface area (Å²) < 4.78 is 0. The lowest BCUT2D eigenvalue weighted by molar-refractivity contribution is 0.723. The Bertz CT molecular complexity index is 148. The van der Waals surface area contributed by atoms with E-state index in [1.807, 2.05) is 7.05 Å². The van der Waals surface area contributed by atoms with Gasteiger partial charge in [0.1, 0.15) is 0 Å². The molecule has 1 heterocycles. The first-order valence-electron chi connectivity index (χ1n) is 4.78. The normalized spacial score (nSPS) is 24.8. The third kappa shape index (κ3) is 3.20. The molecule has 1 aliphatic heterocycles. The highest BCUT2D eigenvalue weighted by atomic mass is 32.2. The largest absolute Gasteiger partial charge is 0.316 e. The van der Waals surface area contributed by atoms with Crippen molar-refractivity contribution in [2.45, 2.75) is 19.8 Å². The lowest BCUT2D eigenvalue weighted by Crippen LogP contribution is -2.11. The van der Waals surface area contributed by atoms with E-state index in [0.29, 0.717) is 0 Å². The van der Waals surface area contributed by atoms with Gasteiger partial charge in [-0.15, -0.1) is 0 Å². The molecule has 1 unspecified atom stereocenters. The zero-order valence-corrected chi connectivity index (χ0v) is 8.91. The van der Waals surface area contributed by atoms with Gasteiger partial charge >= 0.3 is 0 Å². The molecule has 70 valence electrons. The van der Waals surface area contributed by atoms with Gasteiger partial charge in [-0.3, -0.25) is 0 Å². The molecule has 1 aliphatic rings. The Kier molecular flexibility index (Phi) is 4.77. The van der Waals surface area contributed by atoms with Crippen molar-refractivity contribution in [3.05, 3.63) is 11.6 Å². The molecule has 0 aromatic heterocycles. The average Bonchev–Trinajstić information content (AvgIpc) is 2.56. The maximum absolute atomic E-state index is 3.22. The molecule has 1 atom stereocenters. The van der Waals surface area contributed by atoms with Gasteiger partial charge in [-0.1, -0.05) is 18.6 Å². The van der Waals surface area contributed by atoms with Gasteiger partial charge in [0.05, 0.1) is 0 Å². The van der Waals surface area contributed by atoms with Crippen molar-refractivity contribution in [2.24, 2.45) is 5.92 Å². The number of thioether (sulfide) groups is 1. The number of hydrogen-bond donors (Lipinski definition) is 1. The molecule has 0 bridgehead atoms. The van der Waals surface area contributed by atoms with Gasteiger partial charge in [0.2, 0.25) is 0 Å². The molecule has 1 N–H and O–H groups in total. The van der Waals surface area contributed by atoms with Crippen LogP contribution in [0.3, 0.4) is 0 Å². The summed E-state index contributed by atoms with van der Waals surface area (Å²) in [7, 11) is 2.02. The smallest absolute Gasteiger partial charge is 0.0161 e. The molecule has 0 amide bonds. The summed E-state index contributed by atoms with van der Waals surface area (Å²) in [5.74, 6) is 3.56. The minimum Gasteiger partial charge on any atom is -0.316 e. The van der Waals surface area contributed by atoms with Gasteiger partial charge in [-0.25, -0.2) is 0 Å². The van der Waals surface area contributed by atoms with Crippen LogP contribution in [0.15, 0.2) is 11.6 Å². The third-order valence-electron chi connectivity index (χ3n) is 2.29. The van der Waals surface area contributed by atoms with Crippen LogP contribution in [-0.4, -0.2) is 25.1 Å². The molecule has 1 fully saturated rings. The topological polar surface area (TPSA) is 12.0 Å². The summed E-state index contributed by atoms with van der Waals surface area (Å²) in [6.07, 6.45) is 5.07. The molecule has 1 saturated heterocycles. The fourth-order valence-electron chi connectivity index (χ4n) is 1.55. The molecular formula is C10H19NS. The van der Waals surface area contributed by atoms with Gasteiger partial charge in [-0.2, -0.15) is 11.8 Å². The predicted molar refractivity (Wildman–Crippen MR) is 57.7 cm³/mol. The summed E-state index contributed by atoms with van der Waals surface area (Å²) >= 11 is 2.09. The maximum atomic E-state index is 3.22. The predicted octanol–water partition coefficient (Wildman–Crippen LogP) is 2.30. The number of hydrogen-bond acceptors (Lipinski definition) is 2. The minimum absolute atomic E-state index is 0.860. The van der Waals surface area contributed by atoms with E-state index in [1.165, 1.54) is 24.3 Å². The molecule has 1 rings (SSSR count). The molecule has 0 spiro atoms. The molecule has 0 aliphatic carbocycles. The molecule has 1 nitrogen and oxygen atoms in total. The Balaban J connectivity index is 2.38. The Hall–Kier alpha value is 0.0500. The van der Waals surface area contributed by atoms with E-state index in [1.54, 1.807) is 5.57 Å². The highest BCUT2D eigenvalue weighted by molar-refractivity contribution is 7.99. The van der Waals surface area contributed by atoms with E-state index in [9.17, 15) is 0 Å². The van der Waals surface area contributed by atoms with Gasteiger partial charge in [0.25, 0.3) is 0 Å². The molecule has 12 heavy (non-hydrogen) atoms. The SMILES string of the molecule is CCC(=CC1CCSC1)CNC. The fourth-order valence-corrected chi connectivity index (χ4v) is 2.75. The van der Waals surface area contributed by atoms with Crippen molar-refractivity contribution < 1.29 is 0 Å². The Morgan fingerprint density at radius 3 is 3.00 bits per heavy atom. The van der Waals surface area contributed by atoms with Crippen LogP contribution >= 0.6 is 11.8 Å². The molecule has 2 heteroatoms. The van der Waals surface area contributed by atoms with E-state index in [0.717, 1.165) is 12.5 Å². The summed E-state index contributed by atoms with van der Waals surface area (Å²) in [5.41, 5.74) is 1.57. The second kappa shape index (κ2) is 5.65. The molecule has 0 aromatic rings. The van der Waals surface area contributed by atoms with E-state index in [-0.39, 0.29) is 0 Å². The van der Waals surface area contributed by atoms with Crippen molar-refractivity contribution in [3.63, 3.8) is 0 Å². The van der Waals surface area contributed by atoms with Crippen LogP contribution in [0.25, 0.3) is 0 Å². The average molecular weight is 185 g/mol. The molecule has 0 aromatic carbocycles. The zero-order valence-electron chi connectivity index (χ0n) is 8.10. The van der Waals surface area contributed by atoms with Crippen LogP contribution in [0.5, 0.6) is 0 Å². The van der Waals surface area contributed by atoms with Crippen molar-refractivity contribution in [1.82, 2.24) is 5.32 Å². The molecule has 0 radical (unpaired) electrons. The van der Waals surface area contributed by atoms with E-state index in [4.69, 9.17) is 0 Å². The zero-order chi connectivity index (χ0) is 8.81. The van der Waals surface area contributed by atoms with Gasteiger partial charge < -0.3 is 5.32 Å². The van der Waals surface area contributed by atoms with Crippen molar-refractivity contribution in [2.75, 3.05) is 25.1 Å². The molecule has 0 saturated carbocycles. The van der Waals surface area contributed by atoms with Gasteiger partial charge in [-0.05, 0) is 37.3 Å². The van der Waals surface area contributed by atoms with Crippen LogP contribution in [0.4, 0.5) is 0 Å². The summed E-state index contributed by atoms with van der Waals surface area (Å²) in [6.45, 7) is 3.31. The van der Waals surface area contributed by atoms with Gasteiger partial charge in [0.15, 0.2) is 0 Å². The number of nitrogens with one attached hydrogen (secondary N) is 1. The number of likely N-dealkylation sites (N-methyl/N-ethyl adjacent to an activating group) is 1. The van der Waals surface area contributed by atoms with Crippen LogP contribution in [0.2, 0.25) is 0 Å². The first kappa shape index (κ1) is 10.1. The second-order valence-electron chi connectivity index (χ2n) is 3.33. The highest BCUT2D eigenvalue weighted by Gasteiger charge is 2.12. The third-order valence-corrected chi connectivity index (χ3v) is 3.48. The second-order valence-corrected chi connectivity index (χ2v) is 4.48. The summed E-state index contributed by atoms with van der Waals surface area (Å²) in [5, 5.41) is 3.22. The van der Waals surface area contributed by atoms with E-state index in [2.05, 4.69) is 30.1 Å². The summed E-state index contributed by atoms with van der Waals surface area (Å²) in [6, 6.07) is 0. The van der Waals surface area contributed by atoms with Crippen molar-refractivity contribution in [1.29, 1.82) is 0 Å². The Morgan fingerprint density at radius 2 is 2.50 bits per heavy atom. The highest BCUT2D eigenvalue weighted by Crippen LogP contribution is 2.25. The first-order chi connectivity index (χ1) is 5.86. The van der Waals surface area contributed by atoms with Crippen molar-refractivity contribution in [3.8, 4) is 0 Å². The van der Waals surface area contributed by atoms with Gasteiger partial charge in [0, 0.05) is 6.54 Å². The lowest BCUT2D eigenvalue weighted by Gasteiger charge is -2.07. The van der Waals surface area contributed by atoms with Crippen LogP contribution in [0, 0.1) is 5.92 Å². The van der Waals surface area contributed by atoms with Crippen LogP contribution in [-0.2, 0) is 0 Å². The Morgan fingerprint density at radius 1 is 1.67 bits per heavy atom. The Labute approximate surface area is 80.0 Å². The standard InChI is InChI=1S/C10H19NS/c1-3-9(7-11-2)6-10-4-5-12-8-10/h6,10-11H,3-5,7-8H2,1-2H3. The quantitative estimate of drug-likeness (QED) is 0.674. The van der Waals surface area contributed by atoms with E-state index < -0.39 is 0 Å².